The minimum Gasteiger partial charge on any atom is -0.496 e. The molecule has 30 heavy (non-hydrogen) atoms. The van der Waals surface area contributed by atoms with Crippen molar-refractivity contribution in [1.82, 2.24) is 5.32 Å². The normalized spacial score (nSPS) is 15.4. The third kappa shape index (κ3) is 5.46. The fourth-order valence-electron chi connectivity index (χ4n) is 3.98. The SMILES string of the molecule is COc1ccc(Cl)cc1-c1cc(C(=O)N[C@H](CC2CCCCC2)C(=O)O)ccc1Cl. The van der Waals surface area contributed by atoms with Crippen molar-refractivity contribution < 1.29 is 19.4 Å². The molecule has 0 unspecified atom stereocenters. The van der Waals surface area contributed by atoms with Crippen molar-refractivity contribution in [2.75, 3.05) is 7.11 Å². The van der Waals surface area contributed by atoms with Crippen LogP contribution in [0.2, 0.25) is 10.0 Å². The van der Waals surface area contributed by atoms with Gasteiger partial charge in [0.05, 0.1) is 7.11 Å². The van der Waals surface area contributed by atoms with Crippen molar-refractivity contribution in [2.24, 2.45) is 5.92 Å². The first kappa shape index (κ1) is 22.4. The second-order valence-corrected chi connectivity index (χ2v) is 8.49. The van der Waals surface area contributed by atoms with E-state index in [1.165, 1.54) is 6.42 Å². The number of amides is 1. The van der Waals surface area contributed by atoms with Crippen LogP contribution in [0.4, 0.5) is 0 Å². The van der Waals surface area contributed by atoms with E-state index in [0.717, 1.165) is 25.7 Å². The number of aliphatic carboxylic acids is 1. The van der Waals surface area contributed by atoms with E-state index in [4.69, 9.17) is 27.9 Å². The summed E-state index contributed by atoms with van der Waals surface area (Å²) < 4.78 is 5.40. The minimum atomic E-state index is -1.01. The molecular weight excluding hydrogens is 425 g/mol. The molecule has 2 aromatic rings. The molecule has 1 amide bonds. The number of benzene rings is 2. The van der Waals surface area contributed by atoms with Gasteiger partial charge in [-0.05, 0) is 48.7 Å². The van der Waals surface area contributed by atoms with E-state index in [9.17, 15) is 14.7 Å². The van der Waals surface area contributed by atoms with E-state index < -0.39 is 17.9 Å². The van der Waals surface area contributed by atoms with Crippen LogP contribution in [0.3, 0.4) is 0 Å². The van der Waals surface area contributed by atoms with Gasteiger partial charge in [-0.15, -0.1) is 0 Å². The maximum absolute atomic E-state index is 12.8. The minimum absolute atomic E-state index is 0.325. The number of hydrogen-bond acceptors (Lipinski definition) is 3. The number of carbonyl (C=O) groups is 2. The molecule has 1 saturated carbocycles. The Morgan fingerprint density at radius 3 is 2.50 bits per heavy atom. The summed E-state index contributed by atoms with van der Waals surface area (Å²) in [6, 6.07) is 9.06. The Balaban J connectivity index is 1.83. The summed E-state index contributed by atoms with van der Waals surface area (Å²) >= 11 is 12.5. The van der Waals surface area contributed by atoms with Crippen LogP contribution in [0.25, 0.3) is 11.1 Å². The maximum atomic E-state index is 12.8. The number of methoxy groups -OCH3 is 1. The molecule has 0 spiro atoms. The fraction of sp³-hybridized carbons (Fsp3) is 0.391. The van der Waals surface area contributed by atoms with Crippen LogP contribution >= 0.6 is 23.2 Å². The van der Waals surface area contributed by atoms with Gasteiger partial charge < -0.3 is 15.2 Å². The molecule has 0 heterocycles. The average molecular weight is 450 g/mol. The van der Waals surface area contributed by atoms with E-state index in [-0.39, 0.29) is 0 Å². The Morgan fingerprint density at radius 2 is 1.83 bits per heavy atom. The van der Waals surface area contributed by atoms with Crippen LogP contribution in [-0.2, 0) is 4.79 Å². The zero-order valence-corrected chi connectivity index (χ0v) is 18.3. The predicted molar refractivity (Wildman–Crippen MR) is 119 cm³/mol. The third-order valence-electron chi connectivity index (χ3n) is 5.58. The molecule has 160 valence electrons. The van der Waals surface area contributed by atoms with Crippen molar-refractivity contribution in [2.45, 2.75) is 44.6 Å². The van der Waals surface area contributed by atoms with Crippen LogP contribution in [-0.4, -0.2) is 30.1 Å². The summed E-state index contributed by atoms with van der Waals surface area (Å²) in [7, 11) is 1.54. The fourth-order valence-corrected chi connectivity index (χ4v) is 4.37. The Kier molecular flexibility index (Phi) is 7.62. The Labute approximate surface area is 186 Å². The number of carbonyl (C=O) groups excluding carboxylic acids is 1. The van der Waals surface area contributed by atoms with E-state index in [1.54, 1.807) is 43.5 Å². The molecule has 1 aliphatic rings. The summed E-state index contributed by atoms with van der Waals surface area (Å²) in [4.78, 5) is 24.6. The molecule has 0 aromatic heterocycles. The van der Waals surface area contributed by atoms with Gasteiger partial charge in [-0.2, -0.15) is 0 Å². The first-order valence-corrected chi connectivity index (χ1v) is 10.8. The quantitative estimate of drug-likeness (QED) is 0.557. The van der Waals surface area contributed by atoms with E-state index in [1.807, 2.05) is 0 Å². The smallest absolute Gasteiger partial charge is 0.326 e. The number of hydrogen-bond donors (Lipinski definition) is 2. The number of carboxylic acid groups (broad SMARTS) is 1. The Bertz CT molecular complexity index is 925. The molecule has 0 aliphatic heterocycles. The molecule has 5 nitrogen and oxygen atoms in total. The Hall–Kier alpha value is -2.24. The van der Waals surface area contributed by atoms with Gasteiger partial charge in [0, 0.05) is 26.7 Å². The molecule has 1 atom stereocenters. The van der Waals surface area contributed by atoms with Crippen LogP contribution in [0.1, 0.15) is 48.9 Å². The highest BCUT2D eigenvalue weighted by molar-refractivity contribution is 6.34. The maximum Gasteiger partial charge on any atom is 0.326 e. The molecule has 2 aromatic carbocycles. The van der Waals surface area contributed by atoms with Gasteiger partial charge in [-0.3, -0.25) is 4.79 Å². The lowest BCUT2D eigenvalue weighted by atomic mass is 9.85. The van der Waals surface area contributed by atoms with Crippen molar-refractivity contribution in [3.63, 3.8) is 0 Å². The highest BCUT2D eigenvalue weighted by atomic mass is 35.5. The summed E-state index contributed by atoms with van der Waals surface area (Å²) in [6.45, 7) is 0. The molecule has 0 bridgehead atoms. The van der Waals surface area contributed by atoms with Gasteiger partial charge in [0.15, 0.2) is 0 Å². The molecule has 2 N–H and O–H groups in total. The number of carboxylic acids is 1. The van der Waals surface area contributed by atoms with Crippen LogP contribution in [0.15, 0.2) is 36.4 Å². The van der Waals surface area contributed by atoms with Crippen LogP contribution in [0.5, 0.6) is 5.75 Å². The highest BCUT2D eigenvalue weighted by Gasteiger charge is 2.26. The van der Waals surface area contributed by atoms with Crippen molar-refractivity contribution in [3.8, 4) is 16.9 Å². The molecular formula is C23H25Cl2NO4. The van der Waals surface area contributed by atoms with Crippen LogP contribution < -0.4 is 10.1 Å². The lowest BCUT2D eigenvalue weighted by molar-refractivity contribution is -0.139. The number of rotatable bonds is 7. The highest BCUT2D eigenvalue weighted by Crippen LogP contribution is 2.37. The van der Waals surface area contributed by atoms with Gasteiger partial charge in [0.1, 0.15) is 11.8 Å². The molecule has 3 rings (SSSR count). The lowest BCUT2D eigenvalue weighted by Gasteiger charge is -2.25. The first-order chi connectivity index (χ1) is 14.4. The predicted octanol–water partition coefficient (Wildman–Crippen LogP) is 5.82. The van der Waals surface area contributed by atoms with Gasteiger partial charge in [0.25, 0.3) is 5.91 Å². The largest absolute Gasteiger partial charge is 0.496 e. The van der Waals surface area contributed by atoms with Crippen molar-refractivity contribution in [1.29, 1.82) is 0 Å². The number of nitrogens with one attached hydrogen (secondary N) is 1. The second-order valence-electron chi connectivity index (χ2n) is 7.64. The lowest BCUT2D eigenvalue weighted by Crippen LogP contribution is -2.42. The summed E-state index contributed by atoms with van der Waals surface area (Å²) in [5.41, 5.74) is 1.57. The van der Waals surface area contributed by atoms with Gasteiger partial charge >= 0.3 is 5.97 Å². The molecule has 1 aliphatic carbocycles. The van der Waals surface area contributed by atoms with Gasteiger partial charge in [-0.25, -0.2) is 4.79 Å². The Morgan fingerprint density at radius 1 is 1.10 bits per heavy atom. The molecule has 7 heteroatoms. The molecule has 0 radical (unpaired) electrons. The second kappa shape index (κ2) is 10.2. The van der Waals surface area contributed by atoms with E-state index in [0.29, 0.717) is 44.8 Å². The van der Waals surface area contributed by atoms with Gasteiger partial charge in [0.2, 0.25) is 0 Å². The van der Waals surface area contributed by atoms with Crippen LogP contribution in [0, 0.1) is 5.92 Å². The summed E-state index contributed by atoms with van der Waals surface area (Å²) in [5, 5.41) is 13.2. The molecule has 1 fully saturated rings. The monoisotopic (exact) mass is 449 g/mol. The summed E-state index contributed by atoms with van der Waals surface area (Å²) in [6.07, 6.45) is 5.91. The number of ether oxygens (including phenoxy) is 1. The standard InChI is InChI=1S/C23H25Cl2NO4/c1-30-21-10-8-16(24)13-18(21)17-12-15(7-9-19(17)25)22(27)26-20(23(28)29)11-14-5-3-2-4-6-14/h7-10,12-14,20H,2-6,11H2,1H3,(H,26,27)(H,28,29)/t20-/m1/s1. The van der Waals surface area contributed by atoms with Gasteiger partial charge in [-0.1, -0.05) is 55.3 Å². The molecule has 0 saturated heterocycles. The first-order valence-electron chi connectivity index (χ1n) is 10.1. The van der Waals surface area contributed by atoms with E-state index >= 15 is 0 Å². The summed E-state index contributed by atoms with van der Waals surface area (Å²) in [5.74, 6) is -0.562. The van der Waals surface area contributed by atoms with E-state index in [2.05, 4.69) is 5.32 Å². The third-order valence-corrected chi connectivity index (χ3v) is 6.14. The van der Waals surface area contributed by atoms with Crippen molar-refractivity contribution in [3.05, 3.63) is 52.0 Å². The topological polar surface area (TPSA) is 75.6 Å². The zero-order valence-electron chi connectivity index (χ0n) is 16.8. The average Bonchev–Trinajstić information content (AvgIpc) is 2.74. The zero-order chi connectivity index (χ0) is 21.7. The van der Waals surface area contributed by atoms with Crippen molar-refractivity contribution >= 4 is 35.1 Å². The number of halogens is 2.